The first-order valence-corrected chi connectivity index (χ1v) is 10.0. The molecule has 2 aliphatic heterocycles. The normalized spacial score (nSPS) is 26.2. The highest BCUT2D eigenvalue weighted by atomic mass is 16.5. The van der Waals surface area contributed by atoms with Crippen LogP contribution in [-0.4, -0.2) is 73.9 Å². The average Bonchev–Trinajstić information content (AvgIpc) is 3.08. The Morgan fingerprint density at radius 1 is 1.22 bits per heavy atom. The summed E-state index contributed by atoms with van der Waals surface area (Å²) in [6.07, 6.45) is 2.60. The van der Waals surface area contributed by atoms with E-state index >= 15 is 0 Å². The molecule has 2 heterocycles. The van der Waals surface area contributed by atoms with Crippen LogP contribution in [0.25, 0.3) is 0 Å². The number of likely N-dealkylation sites (tertiary alicyclic amines) is 1. The molecule has 27 heavy (non-hydrogen) atoms. The molecular formula is C21H32N2O4. The van der Waals surface area contributed by atoms with Gasteiger partial charge in [-0.2, -0.15) is 0 Å². The minimum Gasteiger partial charge on any atom is -0.493 e. The van der Waals surface area contributed by atoms with Crippen LogP contribution < -0.4 is 9.47 Å². The van der Waals surface area contributed by atoms with E-state index < -0.39 is 0 Å². The van der Waals surface area contributed by atoms with Crippen LogP contribution in [0.15, 0.2) is 18.2 Å². The minimum atomic E-state index is 0.0791. The van der Waals surface area contributed by atoms with Crippen LogP contribution in [0.4, 0.5) is 0 Å². The Balaban J connectivity index is 1.71. The summed E-state index contributed by atoms with van der Waals surface area (Å²) in [5, 5.41) is 0. The van der Waals surface area contributed by atoms with Crippen LogP contribution in [0.1, 0.15) is 44.0 Å². The Morgan fingerprint density at radius 3 is 2.63 bits per heavy atom. The second-order valence-corrected chi connectivity index (χ2v) is 7.57. The number of nitrogens with zero attached hydrogens (tertiary/aromatic N) is 2. The summed E-state index contributed by atoms with van der Waals surface area (Å²) in [6.45, 7) is 10.3. The Morgan fingerprint density at radius 2 is 1.96 bits per heavy atom. The molecule has 2 fully saturated rings. The van der Waals surface area contributed by atoms with Gasteiger partial charge in [-0.25, -0.2) is 0 Å². The van der Waals surface area contributed by atoms with Gasteiger partial charge in [0.15, 0.2) is 11.5 Å². The fourth-order valence-corrected chi connectivity index (χ4v) is 4.27. The SMILES string of the molecule is CCOc1cc(C(=O)N2CCCC2CN2CC(C)OC(C)C2)ccc1OC. The zero-order chi connectivity index (χ0) is 19.4. The summed E-state index contributed by atoms with van der Waals surface area (Å²) in [5.41, 5.74) is 0.662. The second-order valence-electron chi connectivity index (χ2n) is 7.57. The maximum Gasteiger partial charge on any atom is 0.254 e. The summed E-state index contributed by atoms with van der Waals surface area (Å²) in [4.78, 5) is 17.6. The summed E-state index contributed by atoms with van der Waals surface area (Å²) in [7, 11) is 1.61. The monoisotopic (exact) mass is 376 g/mol. The first-order valence-electron chi connectivity index (χ1n) is 10.0. The predicted octanol–water partition coefficient (Wildman–Crippen LogP) is 2.81. The number of rotatable bonds is 6. The fourth-order valence-electron chi connectivity index (χ4n) is 4.27. The van der Waals surface area contributed by atoms with E-state index in [0.717, 1.165) is 39.0 Å². The first kappa shape index (κ1) is 20.0. The van der Waals surface area contributed by atoms with Crippen LogP contribution >= 0.6 is 0 Å². The van der Waals surface area contributed by atoms with Gasteiger partial charge in [0, 0.05) is 37.8 Å². The van der Waals surface area contributed by atoms with Crippen molar-refractivity contribution >= 4 is 5.91 Å². The van der Waals surface area contributed by atoms with E-state index in [2.05, 4.69) is 18.7 Å². The van der Waals surface area contributed by atoms with E-state index in [9.17, 15) is 4.79 Å². The molecule has 6 nitrogen and oxygen atoms in total. The van der Waals surface area contributed by atoms with Crippen LogP contribution in [0.5, 0.6) is 11.5 Å². The smallest absolute Gasteiger partial charge is 0.254 e. The number of ether oxygens (including phenoxy) is 3. The predicted molar refractivity (Wildman–Crippen MR) is 105 cm³/mol. The number of hydrogen-bond donors (Lipinski definition) is 0. The van der Waals surface area contributed by atoms with E-state index in [1.54, 1.807) is 13.2 Å². The molecule has 2 aliphatic rings. The standard InChI is InChI=1S/C21H32N2O4/c1-5-26-20-11-17(8-9-19(20)25-4)21(24)23-10-6-7-18(23)14-22-12-15(2)27-16(3)13-22/h8-9,11,15-16,18H,5-7,10,12-14H2,1-4H3. The third kappa shape index (κ3) is 4.74. The molecule has 1 amide bonds. The third-order valence-corrected chi connectivity index (χ3v) is 5.31. The van der Waals surface area contributed by atoms with Crippen molar-refractivity contribution in [2.24, 2.45) is 0 Å². The number of morpholine rings is 1. The van der Waals surface area contributed by atoms with E-state index in [-0.39, 0.29) is 24.2 Å². The van der Waals surface area contributed by atoms with Gasteiger partial charge >= 0.3 is 0 Å². The highest BCUT2D eigenvalue weighted by molar-refractivity contribution is 5.95. The molecule has 0 saturated carbocycles. The molecule has 0 aliphatic carbocycles. The van der Waals surface area contributed by atoms with E-state index in [0.29, 0.717) is 23.7 Å². The number of carbonyl (C=O) groups is 1. The van der Waals surface area contributed by atoms with Crippen LogP contribution in [-0.2, 0) is 4.74 Å². The molecular weight excluding hydrogens is 344 g/mol. The Bertz CT molecular complexity index is 641. The lowest BCUT2D eigenvalue weighted by Crippen LogP contribution is -2.50. The van der Waals surface area contributed by atoms with Crippen molar-refractivity contribution in [2.45, 2.75) is 51.9 Å². The molecule has 0 radical (unpaired) electrons. The van der Waals surface area contributed by atoms with Crippen molar-refractivity contribution in [3.63, 3.8) is 0 Å². The largest absolute Gasteiger partial charge is 0.493 e. The Kier molecular flexibility index (Phi) is 6.60. The average molecular weight is 376 g/mol. The van der Waals surface area contributed by atoms with Crippen LogP contribution in [0.3, 0.4) is 0 Å². The maximum absolute atomic E-state index is 13.2. The Hall–Kier alpha value is -1.79. The third-order valence-electron chi connectivity index (χ3n) is 5.31. The highest BCUT2D eigenvalue weighted by Gasteiger charge is 2.33. The van der Waals surface area contributed by atoms with Gasteiger partial charge in [-0.05, 0) is 51.8 Å². The van der Waals surface area contributed by atoms with Gasteiger partial charge in [-0.15, -0.1) is 0 Å². The molecule has 1 aromatic carbocycles. The van der Waals surface area contributed by atoms with E-state index in [1.807, 2.05) is 24.0 Å². The molecule has 150 valence electrons. The lowest BCUT2D eigenvalue weighted by molar-refractivity contribution is -0.0715. The van der Waals surface area contributed by atoms with Gasteiger partial charge in [-0.3, -0.25) is 9.69 Å². The molecule has 3 atom stereocenters. The van der Waals surface area contributed by atoms with Crippen molar-refractivity contribution in [1.82, 2.24) is 9.80 Å². The lowest BCUT2D eigenvalue weighted by atomic mass is 10.1. The molecule has 2 saturated heterocycles. The van der Waals surface area contributed by atoms with Crippen molar-refractivity contribution in [2.75, 3.05) is 39.9 Å². The molecule has 1 aromatic rings. The van der Waals surface area contributed by atoms with E-state index in [4.69, 9.17) is 14.2 Å². The topological polar surface area (TPSA) is 51.2 Å². The minimum absolute atomic E-state index is 0.0791. The maximum atomic E-state index is 13.2. The summed E-state index contributed by atoms with van der Waals surface area (Å²) < 4.78 is 16.8. The van der Waals surface area contributed by atoms with Crippen molar-refractivity contribution in [1.29, 1.82) is 0 Å². The molecule has 0 aromatic heterocycles. The van der Waals surface area contributed by atoms with Gasteiger partial charge in [0.1, 0.15) is 0 Å². The van der Waals surface area contributed by atoms with Gasteiger partial charge in [0.25, 0.3) is 5.91 Å². The van der Waals surface area contributed by atoms with Gasteiger partial charge in [0.2, 0.25) is 0 Å². The highest BCUT2D eigenvalue weighted by Crippen LogP contribution is 2.30. The Labute approximate surface area is 162 Å². The van der Waals surface area contributed by atoms with Crippen molar-refractivity contribution < 1.29 is 19.0 Å². The lowest BCUT2D eigenvalue weighted by Gasteiger charge is -2.38. The van der Waals surface area contributed by atoms with Crippen molar-refractivity contribution in [3.8, 4) is 11.5 Å². The molecule has 0 spiro atoms. The number of amides is 1. The first-order chi connectivity index (χ1) is 13.0. The van der Waals surface area contributed by atoms with Gasteiger partial charge < -0.3 is 19.1 Å². The number of hydrogen-bond acceptors (Lipinski definition) is 5. The van der Waals surface area contributed by atoms with Gasteiger partial charge in [0.05, 0.1) is 25.9 Å². The zero-order valence-corrected chi connectivity index (χ0v) is 16.9. The fraction of sp³-hybridized carbons (Fsp3) is 0.667. The van der Waals surface area contributed by atoms with E-state index in [1.165, 1.54) is 0 Å². The quantitative estimate of drug-likeness (QED) is 0.764. The zero-order valence-electron chi connectivity index (χ0n) is 16.9. The summed E-state index contributed by atoms with van der Waals surface area (Å²) >= 11 is 0. The summed E-state index contributed by atoms with van der Waals surface area (Å²) in [5.74, 6) is 1.36. The number of benzene rings is 1. The second kappa shape index (κ2) is 8.93. The number of methoxy groups -OCH3 is 1. The van der Waals surface area contributed by atoms with Crippen molar-refractivity contribution in [3.05, 3.63) is 23.8 Å². The molecule has 6 heteroatoms. The molecule has 3 rings (SSSR count). The number of carbonyl (C=O) groups excluding carboxylic acids is 1. The molecule has 0 N–H and O–H groups in total. The molecule has 0 bridgehead atoms. The molecule has 3 unspecified atom stereocenters. The van der Waals surface area contributed by atoms with Gasteiger partial charge in [-0.1, -0.05) is 0 Å². The van der Waals surface area contributed by atoms with Crippen LogP contribution in [0.2, 0.25) is 0 Å². The summed E-state index contributed by atoms with van der Waals surface area (Å²) in [6, 6.07) is 5.71. The van der Waals surface area contributed by atoms with Crippen LogP contribution in [0, 0.1) is 0 Å².